The lowest BCUT2D eigenvalue weighted by atomic mass is 9.97. The molecular formula is C19H18N4O2. The number of carbonyl (C=O) groups is 1. The van der Waals surface area contributed by atoms with E-state index in [2.05, 4.69) is 21.0 Å². The number of aliphatic hydroxyl groups is 1. The van der Waals surface area contributed by atoms with Gasteiger partial charge in [-0.1, -0.05) is 12.1 Å². The van der Waals surface area contributed by atoms with Gasteiger partial charge in [0.05, 0.1) is 0 Å². The van der Waals surface area contributed by atoms with Crippen LogP contribution in [0.15, 0.2) is 55.1 Å². The number of hydrogen-bond donors (Lipinski definition) is 2. The summed E-state index contributed by atoms with van der Waals surface area (Å²) in [7, 11) is 0. The van der Waals surface area contributed by atoms with Crippen molar-refractivity contribution in [2.24, 2.45) is 0 Å². The van der Waals surface area contributed by atoms with Crippen LogP contribution in [0, 0.1) is 0 Å². The molecule has 0 saturated carbocycles. The molecule has 4 rings (SSSR count). The monoisotopic (exact) mass is 334 g/mol. The van der Waals surface area contributed by atoms with Gasteiger partial charge >= 0.3 is 0 Å². The van der Waals surface area contributed by atoms with Crippen molar-refractivity contribution in [2.75, 3.05) is 13.1 Å². The minimum Gasteiger partial charge on any atom is -0.378 e. The van der Waals surface area contributed by atoms with Gasteiger partial charge in [0, 0.05) is 48.8 Å². The summed E-state index contributed by atoms with van der Waals surface area (Å²) in [4.78, 5) is 25.6. The lowest BCUT2D eigenvalue weighted by molar-refractivity contribution is -0.140. The van der Waals surface area contributed by atoms with Crippen molar-refractivity contribution < 1.29 is 9.90 Å². The van der Waals surface area contributed by atoms with Crippen LogP contribution in [0.4, 0.5) is 0 Å². The standard InChI is InChI=1S/C19H18N4O2/c24-17(14-2-1-7-20-12-14)19(25)23-10-5-13(6-11-23)15-3-8-21-18-16(15)4-9-22-18/h1-5,7-9,12,17,24H,6,10-11H2,(H,21,22). The molecule has 1 amide bonds. The van der Waals surface area contributed by atoms with E-state index < -0.39 is 6.10 Å². The molecule has 2 N–H and O–H groups in total. The van der Waals surface area contributed by atoms with Crippen LogP contribution in [0.25, 0.3) is 16.6 Å². The van der Waals surface area contributed by atoms with Crippen LogP contribution in [0.3, 0.4) is 0 Å². The van der Waals surface area contributed by atoms with Gasteiger partial charge in [-0.3, -0.25) is 9.78 Å². The number of aromatic nitrogens is 3. The summed E-state index contributed by atoms with van der Waals surface area (Å²) in [5, 5.41) is 11.4. The van der Waals surface area contributed by atoms with Crippen LogP contribution in [0.1, 0.15) is 23.7 Å². The zero-order chi connectivity index (χ0) is 17.2. The fourth-order valence-electron chi connectivity index (χ4n) is 3.21. The van der Waals surface area contributed by atoms with Gasteiger partial charge in [0.25, 0.3) is 5.91 Å². The second-order valence-corrected chi connectivity index (χ2v) is 6.05. The Kier molecular flexibility index (Phi) is 4.03. The zero-order valence-electron chi connectivity index (χ0n) is 13.6. The van der Waals surface area contributed by atoms with E-state index in [4.69, 9.17) is 0 Å². The maximum absolute atomic E-state index is 12.5. The first-order valence-corrected chi connectivity index (χ1v) is 8.22. The van der Waals surface area contributed by atoms with E-state index in [9.17, 15) is 9.90 Å². The number of carbonyl (C=O) groups excluding carboxylic acids is 1. The average Bonchev–Trinajstić information content (AvgIpc) is 3.16. The van der Waals surface area contributed by atoms with Gasteiger partial charge in [-0.05, 0) is 35.8 Å². The van der Waals surface area contributed by atoms with Gasteiger partial charge in [0.15, 0.2) is 6.10 Å². The molecule has 0 bridgehead atoms. The lowest BCUT2D eigenvalue weighted by Crippen LogP contribution is -2.38. The third-order valence-corrected chi connectivity index (χ3v) is 4.56. The van der Waals surface area contributed by atoms with Crippen LogP contribution >= 0.6 is 0 Å². The summed E-state index contributed by atoms with van der Waals surface area (Å²) >= 11 is 0. The zero-order valence-corrected chi connectivity index (χ0v) is 13.6. The maximum Gasteiger partial charge on any atom is 0.256 e. The third kappa shape index (κ3) is 2.92. The maximum atomic E-state index is 12.5. The van der Waals surface area contributed by atoms with Gasteiger partial charge in [-0.2, -0.15) is 0 Å². The Balaban J connectivity index is 1.52. The Morgan fingerprint density at radius 2 is 2.20 bits per heavy atom. The van der Waals surface area contributed by atoms with Gasteiger partial charge < -0.3 is 15.0 Å². The Hall–Kier alpha value is -2.99. The first-order valence-electron chi connectivity index (χ1n) is 8.22. The highest BCUT2D eigenvalue weighted by Crippen LogP contribution is 2.28. The highest BCUT2D eigenvalue weighted by molar-refractivity contribution is 5.91. The molecule has 4 heterocycles. The molecule has 6 heteroatoms. The number of hydrogen-bond acceptors (Lipinski definition) is 4. The van der Waals surface area contributed by atoms with E-state index in [1.807, 2.05) is 18.3 Å². The number of aliphatic hydroxyl groups excluding tert-OH is 1. The smallest absolute Gasteiger partial charge is 0.256 e. The van der Waals surface area contributed by atoms with Crippen LogP contribution in [0.5, 0.6) is 0 Å². The highest BCUT2D eigenvalue weighted by Gasteiger charge is 2.25. The number of nitrogens with zero attached hydrogens (tertiary/aromatic N) is 3. The quantitative estimate of drug-likeness (QED) is 0.770. The van der Waals surface area contributed by atoms with E-state index in [1.165, 1.54) is 11.8 Å². The van der Waals surface area contributed by atoms with Crippen molar-refractivity contribution in [1.82, 2.24) is 19.9 Å². The lowest BCUT2D eigenvalue weighted by Gasteiger charge is -2.28. The molecule has 0 spiro atoms. The molecule has 3 aromatic rings. The van der Waals surface area contributed by atoms with Crippen LogP contribution in [0.2, 0.25) is 0 Å². The third-order valence-electron chi connectivity index (χ3n) is 4.56. The molecule has 0 aromatic carbocycles. The molecule has 0 aliphatic carbocycles. The highest BCUT2D eigenvalue weighted by atomic mass is 16.3. The first kappa shape index (κ1) is 15.5. The number of rotatable bonds is 3. The molecule has 126 valence electrons. The predicted octanol–water partition coefficient (Wildman–Crippen LogP) is 2.31. The summed E-state index contributed by atoms with van der Waals surface area (Å²) < 4.78 is 0. The molecule has 1 aliphatic heterocycles. The second-order valence-electron chi connectivity index (χ2n) is 6.05. The second kappa shape index (κ2) is 6.49. The van der Waals surface area contributed by atoms with Crippen molar-refractivity contribution in [3.8, 4) is 0 Å². The topological polar surface area (TPSA) is 82.1 Å². The molecule has 1 atom stereocenters. The molecule has 1 unspecified atom stereocenters. The van der Waals surface area contributed by atoms with Gasteiger partial charge in [-0.15, -0.1) is 0 Å². The normalized spacial score (nSPS) is 15.9. The van der Waals surface area contributed by atoms with E-state index in [0.29, 0.717) is 18.7 Å². The summed E-state index contributed by atoms with van der Waals surface area (Å²) in [6.45, 7) is 1.07. The Labute approximate surface area is 144 Å². The van der Waals surface area contributed by atoms with Gasteiger partial charge in [-0.25, -0.2) is 4.98 Å². The van der Waals surface area contributed by atoms with Crippen molar-refractivity contribution >= 4 is 22.5 Å². The van der Waals surface area contributed by atoms with E-state index in [1.54, 1.807) is 29.4 Å². The molecule has 1 aliphatic rings. The summed E-state index contributed by atoms with van der Waals surface area (Å²) in [5.41, 5.74) is 3.73. The summed E-state index contributed by atoms with van der Waals surface area (Å²) in [5.74, 6) is -0.287. The Morgan fingerprint density at radius 3 is 2.96 bits per heavy atom. The first-order chi connectivity index (χ1) is 12.2. The molecule has 6 nitrogen and oxygen atoms in total. The molecular weight excluding hydrogens is 316 g/mol. The number of nitrogens with one attached hydrogen (secondary N) is 1. The number of H-pyrrole nitrogens is 1. The van der Waals surface area contributed by atoms with Gasteiger partial charge in [0.1, 0.15) is 5.65 Å². The fourth-order valence-corrected chi connectivity index (χ4v) is 3.21. The molecule has 3 aromatic heterocycles. The van der Waals surface area contributed by atoms with Gasteiger partial charge in [0.2, 0.25) is 0 Å². The molecule has 0 radical (unpaired) electrons. The van der Waals surface area contributed by atoms with E-state index >= 15 is 0 Å². The minimum absolute atomic E-state index is 0.287. The van der Waals surface area contributed by atoms with E-state index in [0.717, 1.165) is 23.0 Å². The number of fused-ring (bicyclic) bond motifs is 1. The summed E-state index contributed by atoms with van der Waals surface area (Å²) in [6.07, 6.45) is 8.44. The Morgan fingerprint density at radius 1 is 1.28 bits per heavy atom. The summed E-state index contributed by atoms with van der Waals surface area (Å²) in [6, 6.07) is 7.44. The van der Waals surface area contributed by atoms with Crippen LogP contribution in [-0.4, -0.2) is 44.0 Å². The van der Waals surface area contributed by atoms with Crippen LogP contribution < -0.4 is 0 Å². The molecule has 0 saturated heterocycles. The number of aromatic amines is 1. The number of pyridine rings is 2. The number of amides is 1. The fraction of sp³-hybridized carbons (Fsp3) is 0.211. The minimum atomic E-state index is -1.17. The predicted molar refractivity (Wildman–Crippen MR) is 94.5 cm³/mol. The van der Waals surface area contributed by atoms with E-state index in [-0.39, 0.29) is 5.91 Å². The average molecular weight is 334 g/mol. The van der Waals surface area contributed by atoms with Crippen molar-refractivity contribution in [2.45, 2.75) is 12.5 Å². The molecule has 0 fully saturated rings. The Bertz CT molecular complexity index is 933. The molecule has 25 heavy (non-hydrogen) atoms. The van der Waals surface area contributed by atoms with Crippen molar-refractivity contribution in [1.29, 1.82) is 0 Å². The van der Waals surface area contributed by atoms with Crippen LogP contribution in [-0.2, 0) is 4.79 Å². The van der Waals surface area contributed by atoms with Crippen molar-refractivity contribution in [3.05, 3.63) is 66.3 Å². The largest absolute Gasteiger partial charge is 0.378 e. The SMILES string of the molecule is O=C(C(O)c1cccnc1)N1CC=C(c2ccnc3[nH]ccc23)CC1. The van der Waals surface area contributed by atoms with Crippen molar-refractivity contribution in [3.63, 3.8) is 0 Å².